The van der Waals surface area contributed by atoms with Gasteiger partial charge in [-0.1, -0.05) is 54.1 Å². The van der Waals surface area contributed by atoms with E-state index in [4.69, 9.17) is 16.3 Å². The number of carbonyl (C=O) groups is 1. The highest BCUT2D eigenvalue weighted by molar-refractivity contribution is 6.30. The summed E-state index contributed by atoms with van der Waals surface area (Å²) < 4.78 is 59.7. The highest BCUT2D eigenvalue weighted by Gasteiger charge is 2.32. The molecule has 1 N–H and O–H groups in total. The molecule has 4 aromatic carbocycles. The number of halogens is 5. The Morgan fingerprint density at radius 1 is 0.895 bits per heavy atom. The van der Waals surface area contributed by atoms with Crippen molar-refractivity contribution in [2.75, 3.05) is 11.9 Å². The van der Waals surface area contributed by atoms with Crippen LogP contribution in [0.3, 0.4) is 0 Å². The lowest BCUT2D eigenvalue weighted by atomic mass is 9.91. The van der Waals surface area contributed by atoms with Gasteiger partial charge in [-0.15, -0.1) is 0 Å². The van der Waals surface area contributed by atoms with Gasteiger partial charge in [0.25, 0.3) is 0 Å². The third kappa shape index (κ3) is 5.19. The summed E-state index contributed by atoms with van der Waals surface area (Å²) in [5, 5.41) is 9.16. The molecule has 0 saturated carbocycles. The van der Waals surface area contributed by atoms with Crippen LogP contribution in [0, 0.1) is 23.3 Å². The summed E-state index contributed by atoms with van der Waals surface area (Å²) in [6, 6.07) is 21.8. The lowest BCUT2D eigenvalue weighted by Gasteiger charge is -2.16. The first kappa shape index (κ1) is 25.3. The normalized spacial score (nSPS) is 14.8. The van der Waals surface area contributed by atoms with E-state index in [1.54, 1.807) is 12.1 Å². The maximum atomic E-state index is 13.9. The molecule has 10 heteroatoms. The second-order valence-electron chi connectivity index (χ2n) is 8.39. The van der Waals surface area contributed by atoms with Crippen LogP contribution in [-0.2, 0) is 0 Å². The number of ether oxygens (including phenoxy) is 1. The van der Waals surface area contributed by atoms with Crippen molar-refractivity contribution in [1.29, 1.82) is 0 Å². The van der Waals surface area contributed by atoms with Gasteiger partial charge in [0.15, 0.2) is 11.6 Å². The Balaban J connectivity index is 1.33. The van der Waals surface area contributed by atoms with Crippen LogP contribution < -0.4 is 10.1 Å². The van der Waals surface area contributed by atoms with E-state index < -0.39 is 35.0 Å². The standard InChI is InChI=1S/C28H18ClF4N3O2/c29-18-8-6-17(7-9-18)26-21(16-4-2-1-3-5-16)15-36(35-26)28(37)34-19-10-12-20(13-11-19)38-27-24(32)22(30)14-23(31)25(27)33/h1-14,21H,15H2,(H,34,37). The van der Waals surface area contributed by atoms with Gasteiger partial charge in [-0.3, -0.25) is 0 Å². The Hall–Kier alpha value is -4.37. The molecule has 38 heavy (non-hydrogen) atoms. The van der Waals surface area contributed by atoms with E-state index in [1.165, 1.54) is 29.3 Å². The first-order valence-electron chi connectivity index (χ1n) is 11.4. The average molecular weight is 540 g/mol. The van der Waals surface area contributed by atoms with Gasteiger partial charge in [-0.05, 0) is 47.5 Å². The fourth-order valence-corrected chi connectivity index (χ4v) is 4.14. The minimum absolute atomic E-state index is 0.0949. The van der Waals surface area contributed by atoms with E-state index in [2.05, 4.69) is 10.4 Å². The second-order valence-corrected chi connectivity index (χ2v) is 8.83. The Kier molecular flexibility index (Phi) is 7.02. The van der Waals surface area contributed by atoms with Gasteiger partial charge in [0, 0.05) is 22.7 Å². The topological polar surface area (TPSA) is 53.9 Å². The van der Waals surface area contributed by atoms with Crippen LogP contribution in [0.15, 0.2) is 90.0 Å². The Morgan fingerprint density at radius 3 is 2.16 bits per heavy atom. The minimum atomic E-state index is -1.65. The third-order valence-corrected chi connectivity index (χ3v) is 6.14. The number of hydrazone groups is 1. The zero-order chi connectivity index (χ0) is 26.8. The molecule has 2 amide bonds. The van der Waals surface area contributed by atoms with E-state index in [0.717, 1.165) is 11.1 Å². The molecule has 1 unspecified atom stereocenters. The number of anilines is 1. The van der Waals surface area contributed by atoms with Crippen molar-refractivity contribution in [3.8, 4) is 11.5 Å². The molecule has 1 atom stereocenters. The maximum absolute atomic E-state index is 13.9. The van der Waals surface area contributed by atoms with Crippen LogP contribution in [0.25, 0.3) is 0 Å². The lowest BCUT2D eigenvalue weighted by molar-refractivity contribution is 0.218. The van der Waals surface area contributed by atoms with E-state index >= 15 is 0 Å². The van der Waals surface area contributed by atoms with Gasteiger partial charge in [0.05, 0.1) is 12.3 Å². The molecule has 0 spiro atoms. The second kappa shape index (κ2) is 10.5. The highest BCUT2D eigenvalue weighted by atomic mass is 35.5. The molecule has 0 aliphatic carbocycles. The molecular weight excluding hydrogens is 522 g/mol. The number of carbonyl (C=O) groups excluding carboxylic acids is 1. The lowest BCUT2D eigenvalue weighted by Crippen LogP contribution is -2.30. The monoisotopic (exact) mass is 539 g/mol. The molecule has 0 saturated heterocycles. The van der Waals surface area contributed by atoms with Crippen molar-refractivity contribution in [2.24, 2.45) is 5.10 Å². The van der Waals surface area contributed by atoms with Crippen molar-refractivity contribution < 1.29 is 27.1 Å². The van der Waals surface area contributed by atoms with Crippen LogP contribution in [0.4, 0.5) is 28.0 Å². The van der Waals surface area contributed by atoms with Crippen molar-refractivity contribution in [2.45, 2.75) is 5.92 Å². The Morgan fingerprint density at radius 2 is 1.53 bits per heavy atom. The summed E-state index contributed by atoms with van der Waals surface area (Å²) in [6.45, 7) is 0.290. The number of benzene rings is 4. The van der Waals surface area contributed by atoms with Gasteiger partial charge in [0.2, 0.25) is 17.4 Å². The zero-order valence-electron chi connectivity index (χ0n) is 19.5. The van der Waals surface area contributed by atoms with Crippen molar-refractivity contribution in [1.82, 2.24) is 5.01 Å². The fourth-order valence-electron chi connectivity index (χ4n) is 4.01. The number of urea groups is 1. The largest absolute Gasteiger partial charge is 0.451 e. The zero-order valence-corrected chi connectivity index (χ0v) is 20.2. The number of nitrogens with zero attached hydrogens (tertiary/aromatic N) is 2. The third-order valence-electron chi connectivity index (χ3n) is 5.89. The molecule has 4 aromatic rings. The molecule has 1 aliphatic rings. The van der Waals surface area contributed by atoms with Crippen LogP contribution in [0.2, 0.25) is 5.02 Å². The first-order valence-corrected chi connectivity index (χ1v) is 11.8. The van der Waals surface area contributed by atoms with Crippen LogP contribution in [0.5, 0.6) is 11.5 Å². The molecule has 0 bridgehead atoms. The number of rotatable bonds is 5. The predicted molar refractivity (Wildman–Crippen MR) is 136 cm³/mol. The Bertz CT molecular complexity index is 1490. The first-order chi connectivity index (χ1) is 18.3. The van der Waals surface area contributed by atoms with Crippen LogP contribution in [0.1, 0.15) is 17.0 Å². The van der Waals surface area contributed by atoms with Gasteiger partial charge in [-0.2, -0.15) is 13.9 Å². The Labute approximate surface area is 219 Å². The minimum Gasteiger partial charge on any atom is -0.451 e. The summed E-state index contributed by atoms with van der Waals surface area (Å²) in [5.74, 6) is -7.95. The molecule has 5 rings (SSSR count). The van der Waals surface area contributed by atoms with Crippen molar-refractivity contribution in [3.05, 3.63) is 124 Å². The van der Waals surface area contributed by atoms with Gasteiger partial charge in [0.1, 0.15) is 5.75 Å². The van der Waals surface area contributed by atoms with Gasteiger partial charge in [-0.25, -0.2) is 18.6 Å². The quantitative estimate of drug-likeness (QED) is 0.208. The SMILES string of the molecule is O=C(Nc1ccc(Oc2c(F)c(F)cc(F)c2F)cc1)N1CC(c2ccccc2)C(c2ccc(Cl)cc2)=N1. The number of nitrogens with one attached hydrogen (secondary N) is 1. The van der Waals surface area contributed by atoms with Crippen molar-refractivity contribution >= 4 is 29.0 Å². The number of amides is 2. The fraction of sp³-hybridized carbons (Fsp3) is 0.0714. The molecule has 192 valence electrons. The van der Waals surface area contributed by atoms with E-state index in [9.17, 15) is 22.4 Å². The molecule has 0 fully saturated rings. The van der Waals surface area contributed by atoms with Gasteiger partial charge < -0.3 is 10.1 Å². The number of hydrogen-bond acceptors (Lipinski definition) is 3. The summed E-state index contributed by atoms with van der Waals surface area (Å²) >= 11 is 6.03. The summed E-state index contributed by atoms with van der Waals surface area (Å²) in [6.07, 6.45) is 0. The molecular formula is C28H18ClF4N3O2. The molecule has 1 aliphatic heterocycles. The van der Waals surface area contributed by atoms with E-state index in [-0.39, 0.29) is 17.7 Å². The van der Waals surface area contributed by atoms with E-state index in [0.29, 0.717) is 23.0 Å². The molecule has 5 nitrogen and oxygen atoms in total. The smallest absolute Gasteiger partial charge is 0.342 e. The average Bonchev–Trinajstić information content (AvgIpc) is 3.38. The summed E-state index contributed by atoms with van der Waals surface area (Å²) in [5.41, 5.74) is 2.86. The van der Waals surface area contributed by atoms with Crippen LogP contribution >= 0.6 is 11.6 Å². The molecule has 1 heterocycles. The maximum Gasteiger partial charge on any atom is 0.342 e. The predicted octanol–water partition coefficient (Wildman–Crippen LogP) is 7.72. The highest BCUT2D eigenvalue weighted by Crippen LogP contribution is 2.32. The number of hydrogen-bond donors (Lipinski definition) is 1. The summed E-state index contributed by atoms with van der Waals surface area (Å²) in [7, 11) is 0. The van der Waals surface area contributed by atoms with Crippen molar-refractivity contribution in [3.63, 3.8) is 0 Å². The van der Waals surface area contributed by atoms with Crippen LogP contribution in [-0.4, -0.2) is 23.3 Å². The van der Waals surface area contributed by atoms with Gasteiger partial charge >= 0.3 is 6.03 Å². The molecule has 0 aromatic heterocycles. The van der Waals surface area contributed by atoms with E-state index in [1.807, 2.05) is 42.5 Å². The summed E-state index contributed by atoms with van der Waals surface area (Å²) in [4.78, 5) is 13.0. The molecule has 0 radical (unpaired) electrons.